The molecule has 43 heavy (non-hydrogen) atoms. The van der Waals surface area contributed by atoms with Crippen LogP contribution in [0.25, 0.3) is 0 Å². The molecule has 3 atom stereocenters. The van der Waals surface area contributed by atoms with Crippen molar-refractivity contribution in [3.63, 3.8) is 0 Å². The van der Waals surface area contributed by atoms with Crippen molar-refractivity contribution in [1.82, 2.24) is 19.6 Å². The first-order valence-corrected chi connectivity index (χ1v) is 14.7. The van der Waals surface area contributed by atoms with Gasteiger partial charge in [-0.05, 0) is 12.5 Å². The number of nitrogen functional groups attached to an aromatic ring is 1. The molecule has 16 heteroatoms. The smallest absolute Gasteiger partial charge is 0.350 e. The molecule has 2 aromatic heterocycles. The fourth-order valence-electron chi connectivity index (χ4n) is 4.12. The quantitative estimate of drug-likeness (QED) is 0.0929. The lowest BCUT2D eigenvalue weighted by molar-refractivity contribution is -0.689. The van der Waals surface area contributed by atoms with Crippen molar-refractivity contribution in [2.75, 3.05) is 11.5 Å². The lowest BCUT2D eigenvalue weighted by Crippen LogP contribution is -2.69. The third kappa shape index (κ3) is 6.98. The number of benzene rings is 1. The predicted molar refractivity (Wildman–Crippen MR) is 152 cm³/mol. The summed E-state index contributed by atoms with van der Waals surface area (Å²) >= 11 is 2.31. The van der Waals surface area contributed by atoms with Gasteiger partial charge in [-0.3, -0.25) is 9.59 Å². The summed E-state index contributed by atoms with van der Waals surface area (Å²) in [7, 11) is 0. The standard InChI is InChI=1S/C27H25N7O7S2/c1-15(26(39)40-13-16-5-3-2-4-6-16)41-31-19(21-30-27(28)43-32-21)22(35)29-20-23(36)34-12-17(14-42-24(20)34)11-33-9-7-18(8-10-33)25(37)38/h2-10,12,15,20,24H,11,13-14H2,1H3,(H3-,28,29,30,32,35,37,38)/t15?,20?,24-/m1/s1. The van der Waals surface area contributed by atoms with E-state index in [1.807, 2.05) is 18.2 Å². The van der Waals surface area contributed by atoms with Gasteiger partial charge in [0.25, 0.3) is 11.8 Å². The number of ether oxygens (including phenoxy) is 1. The monoisotopic (exact) mass is 623 g/mol. The molecule has 1 fully saturated rings. The second-order valence-corrected chi connectivity index (χ2v) is 11.4. The molecule has 0 saturated carbocycles. The fourth-order valence-corrected chi connectivity index (χ4v) is 5.81. The first kappa shape index (κ1) is 29.7. The first-order valence-electron chi connectivity index (χ1n) is 12.9. The minimum atomic E-state index is -1.26. The van der Waals surface area contributed by atoms with E-state index < -0.39 is 30.0 Å². The molecule has 5 rings (SSSR count). The number of nitrogens with one attached hydrogen (secondary N) is 1. The van der Waals surface area contributed by atoms with Gasteiger partial charge in [-0.15, -0.1) is 11.8 Å². The molecule has 2 amide bonds. The normalized spacial score (nSPS) is 18.5. The highest BCUT2D eigenvalue weighted by Crippen LogP contribution is 2.36. The number of carbonyl (C=O) groups is 4. The number of anilines is 1. The summed E-state index contributed by atoms with van der Waals surface area (Å²) in [5.41, 5.74) is 7.13. The number of rotatable bonds is 11. The highest BCUT2D eigenvalue weighted by atomic mass is 32.2. The minimum absolute atomic E-state index is 0.0392. The lowest BCUT2D eigenvalue weighted by Gasteiger charge is -2.47. The molecular weight excluding hydrogens is 598 g/mol. The number of thioether (sulfide) groups is 1. The van der Waals surface area contributed by atoms with E-state index in [9.17, 15) is 24.3 Å². The molecule has 0 bridgehead atoms. The van der Waals surface area contributed by atoms with E-state index in [4.69, 9.17) is 15.3 Å². The van der Waals surface area contributed by atoms with Crippen LogP contribution < -0.4 is 20.7 Å². The van der Waals surface area contributed by atoms with Gasteiger partial charge in [0.1, 0.15) is 18.0 Å². The number of fused-ring (bicyclic) bond motifs is 1. The first-order chi connectivity index (χ1) is 20.7. The summed E-state index contributed by atoms with van der Waals surface area (Å²) in [4.78, 5) is 60.4. The highest BCUT2D eigenvalue weighted by molar-refractivity contribution is 8.00. The summed E-state index contributed by atoms with van der Waals surface area (Å²) in [6.07, 6.45) is 3.82. The van der Waals surface area contributed by atoms with E-state index >= 15 is 0 Å². The van der Waals surface area contributed by atoms with Gasteiger partial charge >= 0.3 is 5.97 Å². The van der Waals surface area contributed by atoms with Crippen molar-refractivity contribution < 1.29 is 38.4 Å². The largest absolute Gasteiger partial charge is 0.545 e. The number of carbonyl (C=O) groups excluding carboxylic acids is 4. The number of hydrogen-bond donors (Lipinski definition) is 2. The van der Waals surface area contributed by atoms with E-state index in [1.54, 1.807) is 35.3 Å². The Hall–Kier alpha value is -4.83. The number of esters is 1. The molecule has 3 N–H and O–H groups in total. The Labute approximate surface area is 253 Å². The zero-order chi connectivity index (χ0) is 30.5. The molecular formula is C27H25N7O7S2. The highest BCUT2D eigenvalue weighted by Gasteiger charge is 2.50. The Bertz CT molecular complexity index is 1590. The maximum Gasteiger partial charge on any atom is 0.350 e. The molecule has 14 nitrogen and oxygen atoms in total. The lowest BCUT2D eigenvalue weighted by atomic mass is 10.1. The summed E-state index contributed by atoms with van der Waals surface area (Å²) in [5.74, 6) is -2.60. The van der Waals surface area contributed by atoms with Gasteiger partial charge in [0.05, 0.1) is 5.97 Å². The Morgan fingerprint density at radius 3 is 2.65 bits per heavy atom. The summed E-state index contributed by atoms with van der Waals surface area (Å²) < 4.78 is 11.1. The van der Waals surface area contributed by atoms with Crippen molar-refractivity contribution in [3.8, 4) is 0 Å². The van der Waals surface area contributed by atoms with Gasteiger partial charge in [-0.25, -0.2) is 9.36 Å². The number of pyridine rings is 1. The fraction of sp³-hybridized carbons (Fsp3) is 0.259. The topological polar surface area (TPSA) is 193 Å². The second kappa shape index (κ2) is 13.0. The maximum atomic E-state index is 13.3. The van der Waals surface area contributed by atoms with Gasteiger partial charge in [0.2, 0.25) is 17.6 Å². The van der Waals surface area contributed by atoms with Crippen LogP contribution >= 0.6 is 23.3 Å². The van der Waals surface area contributed by atoms with Crippen LogP contribution in [0.4, 0.5) is 5.13 Å². The molecule has 0 aliphatic carbocycles. The third-order valence-electron chi connectivity index (χ3n) is 6.37. The van der Waals surface area contributed by atoms with Gasteiger partial charge in [0.15, 0.2) is 24.1 Å². The number of nitrogens with two attached hydrogens (primary N) is 1. The van der Waals surface area contributed by atoms with Crippen LogP contribution in [0.15, 0.2) is 71.8 Å². The molecule has 3 aromatic rings. The Balaban J connectivity index is 1.21. The molecule has 0 spiro atoms. The molecule has 1 aromatic carbocycles. The third-order valence-corrected chi connectivity index (χ3v) is 8.29. The zero-order valence-electron chi connectivity index (χ0n) is 22.6. The van der Waals surface area contributed by atoms with Crippen molar-refractivity contribution in [1.29, 1.82) is 0 Å². The Kier molecular flexibility index (Phi) is 8.96. The number of nitrogens with zero attached hydrogens (tertiary/aromatic N) is 5. The predicted octanol–water partition coefficient (Wildman–Crippen LogP) is -0.392. The van der Waals surface area contributed by atoms with Crippen molar-refractivity contribution in [3.05, 3.63) is 83.6 Å². The number of hydrogen-bond acceptors (Lipinski definition) is 13. The number of amides is 2. The van der Waals surface area contributed by atoms with Crippen LogP contribution in [-0.2, 0) is 37.1 Å². The summed E-state index contributed by atoms with van der Waals surface area (Å²) in [6, 6.07) is 11.1. The van der Waals surface area contributed by atoms with E-state index in [0.717, 1.165) is 22.7 Å². The number of aromatic carboxylic acids is 1. The average molecular weight is 624 g/mol. The van der Waals surface area contributed by atoms with Gasteiger partial charge in [-0.1, -0.05) is 35.5 Å². The number of aromatic nitrogens is 3. The van der Waals surface area contributed by atoms with Gasteiger partial charge < -0.3 is 35.4 Å². The van der Waals surface area contributed by atoms with E-state index in [0.29, 0.717) is 12.3 Å². The molecule has 2 aliphatic rings. The molecule has 222 valence electrons. The van der Waals surface area contributed by atoms with E-state index in [2.05, 4.69) is 19.8 Å². The van der Waals surface area contributed by atoms with E-state index in [-0.39, 0.29) is 40.1 Å². The number of carboxylic acid groups (broad SMARTS) is 1. The molecule has 4 heterocycles. The van der Waals surface area contributed by atoms with Crippen molar-refractivity contribution in [2.24, 2.45) is 5.16 Å². The van der Waals surface area contributed by atoms with Crippen LogP contribution in [0.3, 0.4) is 0 Å². The average Bonchev–Trinajstić information content (AvgIpc) is 3.44. The molecule has 2 aliphatic heterocycles. The summed E-state index contributed by atoms with van der Waals surface area (Å²) in [6.45, 7) is 1.91. The molecule has 2 unspecified atom stereocenters. The Morgan fingerprint density at radius 1 is 1.23 bits per heavy atom. The zero-order valence-corrected chi connectivity index (χ0v) is 24.2. The number of carboxylic acids is 1. The minimum Gasteiger partial charge on any atom is -0.545 e. The summed E-state index contributed by atoms with van der Waals surface area (Å²) in [5, 5.41) is 17.2. The van der Waals surface area contributed by atoms with Crippen molar-refractivity contribution in [2.45, 2.75) is 37.6 Å². The SMILES string of the molecule is CC(ON=C(C(=O)NC1C(=O)N2C=C(C[n+]3ccc(C(=O)[O-])cc3)CS[C@H]12)c1nsc(N)n1)C(=O)OCc1ccccc1. The maximum absolute atomic E-state index is 13.3. The van der Waals surface area contributed by atoms with Crippen LogP contribution in [0.5, 0.6) is 0 Å². The Morgan fingerprint density at radius 2 is 1.98 bits per heavy atom. The van der Waals surface area contributed by atoms with Crippen LogP contribution in [0.1, 0.15) is 28.7 Å². The van der Waals surface area contributed by atoms with Gasteiger partial charge in [-0.2, -0.15) is 9.36 Å². The number of β-lactam (4-membered cyclic amide) rings is 1. The molecule has 0 radical (unpaired) electrons. The van der Waals surface area contributed by atoms with E-state index in [1.165, 1.54) is 35.7 Å². The molecule has 1 saturated heterocycles. The van der Waals surface area contributed by atoms with Crippen LogP contribution in [0.2, 0.25) is 0 Å². The van der Waals surface area contributed by atoms with Gasteiger partial charge in [0, 0.05) is 46.8 Å². The number of oxime groups is 1. The van der Waals surface area contributed by atoms with Crippen LogP contribution in [-0.4, -0.2) is 67.0 Å². The van der Waals surface area contributed by atoms with Crippen molar-refractivity contribution >= 4 is 57.9 Å². The van der Waals surface area contributed by atoms with Crippen LogP contribution in [0, 0.1) is 0 Å². The second-order valence-electron chi connectivity index (χ2n) is 9.47.